The van der Waals surface area contributed by atoms with E-state index in [1.807, 2.05) is 12.1 Å². The van der Waals surface area contributed by atoms with Crippen LogP contribution in [0.15, 0.2) is 36.5 Å². The molecule has 1 aromatic heterocycles. The lowest BCUT2D eigenvalue weighted by molar-refractivity contribution is -0.137. The van der Waals surface area contributed by atoms with E-state index in [0.717, 1.165) is 42.8 Å². The highest BCUT2D eigenvalue weighted by Gasteiger charge is 2.54. The summed E-state index contributed by atoms with van der Waals surface area (Å²) in [5.74, 6) is 0. The topological polar surface area (TPSA) is 68.7 Å². The molecule has 2 aromatic rings. The second-order valence-corrected chi connectivity index (χ2v) is 10.1. The molecule has 6 nitrogen and oxygen atoms in total. The molecule has 3 heterocycles. The molecule has 0 bridgehead atoms. The summed E-state index contributed by atoms with van der Waals surface area (Å²) in [6.45, 7) is 2.08. The highest BCUT2D eigenvalue weighted by Crippen LogP contribution is 2.53. The number of nitrogens with zero attached hydrogens (tertiary/aromatic N) is 3. The van der Waals surface area contributed by atoms with Gasteiger partial charge in [0.15, 0.2) is 0 Å². The summed E-state index contributed by atoms with van der Waals surface area (Å²) in [4.78, 5) is 20.8. The average Bonchev–Trinajstić information content (AvgIpc) is 3.51. The van der Waals surface area contributed by atoms with Gasteiger partial charge in [-0.2, -0.15) is 13.2 Å². The van der Waals surface area contributed by atoms with Crippen LogP contribution in [0.5, 0.6) is 0 Å². The fourth-order valence-electron chi connectivity index (χ4n) is 4.73. The highest BCUT2D eigenvalue weighted by molar-refractivity contribution is 6.32. The molecule has 2 amide bonds. The number of aliphatic hydroxyl groups excluding tert-OH is 1. The fourth-order valence-corrected chi connectivity index (χ4v) is 5.30. The normalized spacial score (nSPS) is 21.3. The number of carbonyl (C=O) groups excluding carboxylic acids is 1. The summed E-state index contributed by atoms with van der Waals surface area (Å²) < 4.78 is 38.6. The number of rotatable bonds is 3. The Balaban J connectivity index is 1.22. The van der Waals surface area contributed by atoms with E-state index < -0.39 is 22.8 Å². The van der Waals surface area contributed by atoms with Crippen molar-refractivity contribution < 1.29 is 23.1 Å². The Morgan fingerprint density at radius 2 is 1.97 bits per heavy atom. The predicted octanol–water partition coefficient (Wildman–Crippen LogP) is 5.69. The van der Waals surface area contributed by atoms with Crippen molar-refractivity contribution in [3.8, 4) is 0 Å². The zero-order valence-corrected chi connectivity index (χ0v) is 20.1. The van der Waals surface area contributed by atoms with Gasteiger partial charge in [-0.3, -0.25) is 4.98 Å². The number of carbonyl (C=O) groups is 1. The molecular formula is C24H23Cl2F3N4O2. The summed E-state index contributed by atoms with van der Waals surface area (Å²) in [7, 11) is 0. The van der Waals surface area contributed by atoms with Crippen LogP contribution in [0.4, 0.5) is 29.3 Å². The SMILES string of the molecule is O=C(Nc1ccc(C(F)(F)F)c(Cl)c1)N1CC=C(c2ncc(N3CC(O)C4(CC4)C3)cc2Cl)CC1. The number of β-amino-alcohol motifs (C(OH)–C–C–N with tert-alkyl or cyclic N) is 1. The Morgan fingerprint density at radius 3 is 2.54 bits per heavy atom. The van der Waals surface area contributed by atoms with Crippen LogP contribution in [-0.4, -0.2) is 53.3 Å². The Bertz CT molecular complexity index is 1200. The van der Waals surface area contributed by atoms with Gasteiger partial charge in [0.2, 0.25) is 0 Å². The molecule has 1 atom stereocenters. The third-order valence-electron chi connectivity index (χ3n) is 7.02. The maximum Gasteiger partial charge on any atom is 0.417 e. The van der Waals surface area contributed by atoms with E-state index in [0.29, 0.717) is 36.8 Å². The van der Waals surface area contributed by atoms with Gasteiger partial charge in [0, 0.05) is 37.3 Å². The number of anilines is 2. The molecular weight excluding hydrogens is 504 g/mol. The van der Waals surface area contributed by atoms with Crippen molar-refractivity contribution in [2.75, 3.05) is 36.4 Å². The molecule has 186 valence electrons. The summed E-state index contributed by atoms with van der Waals surface area (Å²) in [6.07, 6.45) is 1.38. The number of alkyl halides is 3. The van der Waals surface area contributed by atoms with E-state index >= 15 is 0 Å². The van der Waals surface area contributed by atoms with Crippen molar-refractivity contribution in [1.82, 2.24) is 9.88 Å². The monoisotopic (exact) mass is 526 g/mol. The predicted molar refractivity (Wildman–Crippen MR) is 129 cm³/mol. The van der Waals surface area contributed by atoms with Crippen LogP contribution in [-0.2, 0) is 6.18 Å². The van der Waals surface area contributed by atoms with E-state index in [1.165, 1.54) is 11.0 Å². The minimum atomic E-state index is -4.56. The van der Waals surface area contributed by atoms with Crippen molar-refractivity contribution in [2.24, 2.45) is 5.41 Å². The minimum Gasteiger partial charge on any atom is -0.391 e. The van der Waals surface area contributed by atoms with Crippen molar-refractivity contribution in [2.45, 2.75) is 31.5 Å². The van der Waals surface area contributed by atoms with Gasteiger partial charge < -0.3 is 20.2 Å². The lowest BCUT2D eigenvalue weighted by atomic mass is 10.0. The molecule has 1 unspecified atom stereocenters. The van der Waals surface area contributed by atoms with Crippen molar-refractivity contribution in [1.29, 1.82) is 0 Å². The summed E-state index contributed by atoms with van der Waals surface area (Å²) >= 11 is 12.3. The highest BCUT2D eigenvalue weighted by atomic mass is 35.5. The first kappa shape index (κ1) is 24.2. The van der Waals surface area contributed by atoms with Crippen molar-refractivity contribution >= 4 is 46.2 Å². The number of urea groups is 1. The van der Waals surface area contributed by atoms with Gasteiger partial charge in [-0.1, -0.05) is 29.3 Å². The Labute approximate surface area is 210 Å². The Hall–Kier alpha value is -2.49. The second-order valence-electron chi connectivity index (χ2n) is 9.33. The maximum atomic E-state index is 12.9. The van der Waals surface area contributed by atoms with Gasteiger partial charge >= 0.3 is 12.2 Å². The molecule has 0 radical (unpaired) electrons. The van der Waals surface area contributed by atoms with Gasteiger partial charge in [0.05, 0.1) is 39.3 Å². The number of pyridine rings is 1. The zero-order chi connectivity index (χ0) is 25.0. The van der Waals surface area contributed by atoms with Gasteiger partial charge in [0.1, 0.15) is 0 Å². The quantitative estimate of drug-likeness (QED) is 0.539. The van der Waals surface area contributed by atoms with E-state index in [-0.39, 0.29) is 17.2 Å². The number of nitrogens with one attached hydrogen (secondary N) is 1. The number of hydrogen-bond donors (Lipinski definition) is 2. The van der Waals surface area contributed by atoms with Crippen LogP contribution in [0.3, 0.4) is 0 Å². The lowest BCUT2D eigenvalue weighted by Gasteiger charge is -2.27. The molecule has 1 saturated heterocycles. The summed E-state index contributed by atoms with van der Waals surface area (Å²) in [5.41, 5.74) is 1.73. The van der Waals surface area contributed by atoms with Crippen LogP contribution in [0.1, 0.15) is 30.5 Å². The molecule has 1 spiro atoms. The van der Waals surface area contributed by atoms with Gasteiger partial charge in [0.25, 0.3) is 0 Å². The molecule has 3 aliphatic rings. The number of amides is 2. The van der Waals surface area contributed by atoms with Gasteiger partial charge in [-0.15, -0.1) is 0 Å². The molecule has 2 N–H and O–H groups in total. The minimum absolute atomic E-state index is 0.0345. The van der Waals surface area contributed by atoms with Crippen LogP contribution < -0.4 is 10.2 Å². The Kier molecular flexibility index (Phi) is 6.14. The number of aliphatic hydroxyl groups is 1. The third kappa shape index (κ3) is 4.81. The molecule has 2 fully saturated rings. The van der Waals surface area contributed by atoms with Crippen LogP contribution >= 0.6 is 23.2 Å². The molecule has 1 saturated carbocycles. The molecule has 35 heavy (non-hydrogen) atoms. The first-order valence-electron chi connectivity index (χ1n) is 11.3. The summed E-state index contributed by atoms with van der Waals surface area (Å²) in [6, 6.07) is 4.53. The number of benzene rings is 1. The number of hydrogen-bond acceptors (Lipinski definition) is 4. The third-order valence-corrected chi connectivity index (χ3v) is 7.62. The fraction of sp³-hybridized carbons (Fsp3) is 0.417. The second kappa shape index (κ2) is 8.87. The largest absolute Gasteiger partial charge is 0.417 e. The average molecular weight is 527 g/mol. The van der Waals surface area contributed by atoms with E-state index in [2.05, 4.69) is 15.2 Å². The standard InChI is InChI=1S/C24H23Cl2F3N4O2/c25-18-9-15(1-2-17(18)24(27,28)29)31-22(35)32-7-3-14(4-8-32)21-19(26)10-16(11-30-21)33-12-20(34)23(13-33)5-6-23/h1-3,9-11,20,34H,4-8,12-13H2,(H,31,35). The van der Waals surface area contributed by atoms with Gasteiger partial charge in [-0.05, 0) is 49.1 Å². The van der Waals surface area contributed by atoms with E-state index in [4.69, 9.17) is 23.2 Å². The molecule has 2 aliphatic heterocycles. The van der Waals surface area contributed by atoms with Crippen molar-refractivity contribution in [3.63, 3.8) is 0 Å². The van der Waals surface area contributed by atoms with Crippen LogP contribution in [0.25, 0.3) is 5.57 Å². The first-order valence-corrected chi connectivity index (χ1v) is 12.0. The smallest absolute Gasteiger partial charge is 0.391 e. The molecule has 1 aliphatic carbocycles. The van der Waals surface area contributed by atoms with Crippen LogP contribution in [0, 0.1) is 5.41 Å². The molecule has 11 heteroatoms. The Morgan fingerprint density at radius 1 is 1.20 bits per heavy atom. The zero-order valence-electron chi connectivity index (χ0n) is 18.6. The number of aromatic nitrogens is 1. The maximum absolute atomic E-state index is 12.9. The van der Waals surface area contributed by atoms with Crippen molar-refractivity contribution in [3.05, 3.63) is 57.8 Å². The summed E-state index contributed by atoms with van der Waals surface area (Å²) in [5, 5.41) is 12.9. The van der Waals surface area contributed by atoms with Crippen LogP contribution in [0.2, 0.25) is 10.0 Å². The number of halogens is 5. The van der Waals surface area contributed by atoms with E-state index in [9.17, 15) is 23.1 Å². The lowest BCUT2D eigenvalue weighted by Crippen LogP contribution is -2.38. The first-order chi connectivity index (χ1) is 16.6. The molecule has 1 aromatic carbocycles. The van der Waals surface area contributed by atoms with E-state index in [1.54, 1.807) is 6.20 Å². The molecule has 5 rings (SSSR count). The van der Waals surface area contributed by atoms with Gasteiger partial charge in [-0.25, -0.2) is 4.79 Å².